The van der Waals surface area contributed by atoms with E-state index in [9.17, 15) is 27.9 Å². The number of carbonyl (C=O) groups is 2. The zero-order valence-electron chi connectivity index (χ0n) is 26.6. The van der Waals surface area contributed by atoms with Gasteiger partial charge in [0.1, 0.15) is 6.04 Å². The highest BCUT2D eigenvalue weighted by atomic mass is 19.4. The number of alkyl halides is 3. The van der Waals surface area contributed by atoms with Gasteiger partial charge in [0.15, 0.2) is 6.29 Å². The summed E-state index contributed by atoms with van der Waals surface area (Å²) >= 11 is 0. The first-order chi connectivity index (χ1) is 23.1. The summed E-state index contributed by atoms with van der Waals surface area (Å²) in [6.07, 6.45) is -2.52. The Kier molecular flexibility index (Phi) is 10.2. The standard InChI is InChI=1S/C34H39F3N6O5/c1-22-28(20-41-15-17-42(18-16-41)33-38-12-4-13-39-33)47-31(48-29(22)24-10-8-23(21-44)9-11-24)25-5-2-6-26(19-25)40-30(45)27-7-3-14-43(27)32(46)34(35,36)37/h2,4-6,8-13,19,22,27-29,31,44H,3,7,14-18,20-21H2,1H3,(H,40,45)/t22-,27-,28+,29+,31+/m0/s1. The average Bonchev–Trinajstić information content (AvgIpc) is 3.59. The second-order valence-corrected chi connectivity index (χ2v) is 12.4. The van der Waals surface area contributed by atoms with E-state index < -0.39 is 30.3 Å². The number of benzene rings is 2. The number of halogens is 3. The minimum absolute atomic E-state index is 0.0425. The smallest absolute Gasteiger partial charge is 0.392 e. The van der Waals surface area contributed by atoms with Crippen LogP contribution in [0.15, 0.2) is 67.0 Å². The molecule has 3 saturated heterocycles. The van der Waals surface area contributed by atoms with Crippen LogP contribution in [-0.4, -0.2) is 94.3 Å². The number of amides is 2. The van der Waals surface area contributed by atoms with E-state index >= 15 is 0 Å². The number of anilines is 2. The fourth-order valence-corrected chi connectivity index (χ4v) is 6.60. The Morgan fingerprint density at radius 3 is 2.38 bits per heavy atom. The van der Waals surface area contributed by atoms with Gasteiger partial charge >= 0.3 is 12.1 Å². The van der Waals surface area contributed by atoms with Gasteiger partial charge in [-0.3, -0.25) is 14.5 Å². The molecule has 1 aromatic heterocycles. The first-order valence-corrected chi connectivity index (χ1v) is 16.1. The van der Waals surface area contributed by atoms with Crippen molar-refractivity contribution in [3.8, 4) is 0 Å². The van der Waals surface area contributed by atoms with Gasteiger partial charge in [0, 0.05) is 68.8 Å². The van der Waals surface area contributed by atoms with Crippen molar-refractivity contribution in [2.24, 2.45) is 5.92 Å². The lowest BCUT2D eigenvalue weighted by atomic mass is 9.90. The van der Waals surface area contributed by atoms with Crippen LogP contribution >= 0.6 is 0 Å². The molecular formula is C34H39F3N6O5. The molecular weight excluding hydrogens is 629 g/mol. The van der Waals surface area contributed by atoms with Crippen LogP contribution in [0.3, 0.4) is 0 Å². The summed E-state index contributed by atoms with van der Waals surface area (Å²) in [6.45, 7) is 5.67. The van der Waals surface area contributed by atoms with Crippen LogP contribution in [0.1, 0.15) is 48.8 Å². The van der Waals surface area contributed by atoms with Gasteiger partial charge in [-0.05, 0) is 42.2 Å². The van der Waals surface area contributed by atoms with Crippen molar-refractivity contribution in [1.82, 2.24) is 19.8 Å². The third-order valence-corrected chi connectivity index (χ3v) is 9.25. The molecule has 0 radical (unpaired) electrons. The summed E-state index contributed by atoms with van der Waals surface area (Å²) in [4.78, 5) is 38.9. The Morgan fingerprint density at radius 2 is 1.69 bits per heavy atom. The van der Waals surface area contributed by atoms with Crippen LogP contribution in [0.2, 0.25) is 0 Å². The zero-order valence-corrected chi connectivity index (χ0v) is 26.6. The molecule has 14 heteroatoms. The van der Waals surface area contributed by atoms with E-state index in [1.807, 2.05) is 30.3 Å². The van der Waals surface area contributed by atoms with E-state index in [1.165, 1.54) is 0 Å². The number of ether oxygens (including phenoxy) is 2. The van der Waals surface area contributed by atoms with Crippen molar-refractivity contribution < 1.29 is 37.3 Å². The van der Waals surface area contributed by atoms with Crippen LogP contribution in [-0.2, 0) is 25.7 Å². The molecule has 5 atom stereocenters. The number of piperazine rings is 1. The first kappa shape index (κ1) is 33.8. The van der Waals surface area contributed by atoms with Gasteiger partial charge in [0.2, 0.25) is 11.9 Å². The number of hydrogen-bond acceptors (Lipinski definition) is 9. The molecule has 0 unspecified atom stereocenters. The molecule has 2 aromatic carbocycles. The molecule has 0 aliphatic carbocycles. The van der Waals surface area contributed by atoms with Gasteiger partial charge in [-0.15, -0.1) is 0 Å². The number of aliphatic hydroxyl groups is 1. The zero-order chi connectivity index (χ0) is 33.8. The minimum atomic E-state index is -5.05. The monoisotopic (exact) mass is 668 g/mol. The summed E-state index contributed by atoms with van der Waals surface area (Å²) in [7, 11) is 0. The van der Waals surface area contributed by atoms with Gasteiger partial charge in [-0.2, -0.15) is 13.2 Å². The largest absolute Gasteiger partial charge is 0.471 e. The summed E-state index contributed by atoms with van der Waals surface area (Å²) in [6, 6.07) is 15.0. The van der Waals surface area contributed by atoms with Gasteiger partial charge < -0.3 is 29.7 Å². The third kappa shape index (κ3) is 7.62. The molecule has 6 rings (SSSR count). The van der Waals surface area contributed by atoms with Crippen molar-refractivity contribution >= 4 is 23.5 Å². The van der Waals surface area contributed by atoms with E-state index in [2.05, 4.69) is 32.0 Å². The minimum Gasteiger partial charge on any atom is -0.392 e. The number of hydrogen-bond donors (Lipinski definition) is 2. The number of nitrogens with one attached hydrogen (secondary N) is 1. The second kappa shape index (κ2) is 14.6. The molecule has 11 nitrogen and oxygen atoms in total. The lowest BCUT2D eigenvalue weighted by Crippen LogP contribution is -2.51. The summed E-state index contributed by atoms with van der Waals surface area (Å²) in [5.41, 5.74) is 2.70. The van der Waals surface area contributed by atoms with Gasteiger partial charge in [-0.1, -0.05) is 43.3 Å². The maximum absolute atomic E-state index is 13.1. The van der Waals surface area contributed by atoms with Crippen LogP contribution in [0, 0.1) is 5.92 Å². The molecule has 3 aliphatic rings. The van der Waals surface area contributed by atoms with Gasteiger partial charge in [-0.25, -0.2) is 9.97 Å². The summed E-state index contributed by atoms with van der Waals surface area (Å²) < 4.78 is 52.6. The average molecular weight is 669 g/mol. The normalized spacial score (nSPS) is 25.2. The molecule has 0 spiro atoms. The van der Waals surface area contributed by atoms with E-state index in [0.29, 0.717) is 35.1 Å². The molecule has 0 saturated carbocycles. The van der Waals surface area contributed by atoms with Crippen molar-refractivity contribution in [3.05, 3.63) is 83.7 Å². The Labute approximate surface area is 276 Å². The molecule has 4 heterocycles. The Hall–Kier alpha value is -4.11. The molecule has 2 N–H and O–H groups in total. The fraction of sp³-hybridized carbons (Fsp3) is 0.471. The van der Waals surface area contributed by atoms with Crippen molar-refractivity contribution in [3.63, 3.8) is 0 Å². The number of carbonyl (C=O) groups excluding carboxylic acids is 2. The first-order valence-electron chi connectivity index (χ1n) is 16.1. The van der Waals surface area contributed by atoms with Crippen molar-refractivity contribution in [2.45, 2.75) is 57.1 Å². The predicted octanol–water partition coefficient (Wildman–Crippen LogP) is 4.07. The van der Waals surface area contributed by atoms with Crippen LogP contribution < -0.4 is 10.2 Å². The molecule has 3 aromatic rings. The van der Waals surface area contributed by atoms with E-state index in [1.54, 1.807) is 36.7 Å². The van der Waals surface area contributed by atoms with Gasteiger partial charge in [0.25, 0.3) is 0 Å². The lowest BCUT2D eigenvalue weighted by Gasteiger charge is -2.44. The SMILES string of the molecule is C[C@H]1[C@@H](CN2CCN(c3ncccn3)CC2)O[C@@H](c2cccc(NC(=O)[C@@H]3CCCN3C(=O)C(F)(F)F)c2)O[C@H]1c1ccc(CO)cc1. The maximum atomic E-state index is 13.1. The Morgan fingerprint density at radius 1 is 0.958 bits per heavy atom. The Balaban J connectivity index is 1.18. The number of aromatic nitrogens is 2. The highest BCUT2D eigenvalue weighted by molar-refractivity contribution is 5.98. The highest BCUT2D eigenvalue weighted by Crippen LogP contribution is 2.42. The van der Waals surface area contributed by atoms with E-state index in [4.69, 9.17) is 9.47 Å². The molecule has 3 aliphatic heterocycles. The predicted molar refractivity (Wildman–Crippen MR) is 170 cm³/mol. The molecule has 3 fully saturated rings. The number of aliphatic hydroxyl groups excluding tert-OH is 1. The van der Waals surface area contributed by atoms with Crippen LogP contribution in [0.5, 0.6) is 0 Å². The van der Waals surface area contributed by atoms with Crippen LogP contribution in [0.4, 0.5) is 24.8 Å². The Bertz CT molecular complexity index is 1550. The number of nitrogens with zero attached hydrogens (tertiary/aromatic N) is 5. The van der Waals surface area contributed by atoms with Crippen LogP contribution in [0.25, 0.3) is 0 Å². The van der Waals surface area contributed by atoms with Crippen molar-refractivity contribution in [2.75, 3.05) is 49.5 Å². The second-order valence-electron chi connectivity index (χ2n) is 12.4. The highest BCUT2D eigenvalue weighted by Gasteiger charge is 2.48. The van der Waals surface area contributed by atoms with E-state index in [-0.39, 0.29) is 37.7 Å². The molecule has 2 amide bonds. The van der Waals surface area contributed by atoms with Crippen molar-refractivity contribution in [1.29, 1.82) is 0 Å². The lowest BCUT2D eigenvalue weighted by molar-refractivity contribution is -0.276. The summed E-state index contributed by atoms with van der Waals surface area (Å²) in [5.74, 6) is -2.02. The summed E-state index contributed by atoms with van der Waals surface area (Å²) in [5, 5.41) is 12.3. The molecule has 48 heavy (non-hydrogen) atoms. The van der Waals surface area contributed by atoms with Gasteiger partial charge in [0.05, 0.1) is 18.8 Å². The third-order valence-electron chi connectivity index (χ3n) is 9.25. The van der Waals surface area contributed by atoms with E-state index in [0.717, 1.165) is 37.3 Å². The number of rotatable bonds is 8. The quantitative estimate of drug-likeness (QED) is 0.366. The fourth-order valence-electron chi connectivity index (χ4n) is 6.60. The maximum Gasteiger partial charge on any atom is 0.471 e. The molecule has 256 valence electrons. The molecule has 0 bridgehead atoms. The number of likely N-dealkylation sites (tertiary alicyclic amines) is 1. The topological polar surface area (TPSA) is 120 Å².